The second-order valence-corrected chi connectivity index (χ2v) is 6.01. The molecule has 1 atom stereocenters. The summed E-state index contributed by atoms with van der Waals surface area (Å²) in [4.78, 5) is 22.4. The summed E-state index contributed by atoms with van der Waals surface area (Å²) in [6.07, 6.45) is 0.888. The van der Waals surface area contributed by atoms with Gasteiger partial charge in [-0.25, -0.2) is 0 Å². The molecule has 1 aromatic carbocycles. The second kappa shape index (κ2) is 7.17. The normalized spacial score (nSPS) is 13.8. The van der Waals surface area contributed by atoms with Crippen molar-refractivity contribution in [3.8, 4) is 0 Å². The van der Waals surface area contributed by atoms with Crippen molar-refractivity contribution in [1.29, 1.82) is 0 Å². The van der Waals surface area contributed by atoms with Gasteiger partial charge in [0.2, 0.25) is 5.91 Å². The van der Waals surface area contributed by atoms with Gasteiger partial charge < -0.3 is 11.1 Å². The number of carbonyl (C=O) groups excluding carboxylic acids is 1. The van der Waals surface area contributed by atoms with Gasteiger partial charge in [-0.05, 0) is 24.8 Å². The zero-order chi connectivity index (χ0) is 16.0. The lowest BCUT2D eigenvalue weighted by molar-refractivity contribution is -0.384. The maximum Gasteiger partial charge on any atom is 0.269 e. The zero-order valence-corrected chi connectivity index (χ0v) is 12.8. The molecule has 0 heterocycles. The Kier molecular flexibility index (Phi) is 5.84. The van der Waals surface area contributed by atoms with E-state index in [2.05, 4.69) is 19.2 Å². The fraction of sp³-hybridized carbons (Fsp3) is 0.533. The largest absolute Gasteiger partial charge is 0.349 e. The predicted octanol–water partition coefficient (Wildman–Crippen LogP) is 2.02. The number of nitrogens with one attached hydrogen (secondary N) is 1. The van der Waals surface area contributed by atoms with E-state index in [0.29, 0.717) is 18.0 Å². The van der Waals surface area contributed by atoms with Crippen LogP contribution in [-0.2, 0) is 11.2 Å². The van der Waals surface area contributed by atoms with Crippen LogP contribution in [0.1, 0.15) is 32.8 Å². The molecule has 0 fully saturated rings. The first-order valence-electron chi connectivity index (χ1n) is 7.00. The van der Waals surface area contributed by atoms with Gasteiger partial charge in [-0.1, -0.05) is 26.0 Å². The van der Waals surface area contributed by atoms with E-state index >= 15 is 0 Å². The van der Waals surface area contributed by atoms with Crippen LogP contribution in [0.15, 0.2) is 24.3 Å². The van der Waals surface area contributed by atoms with Gasteiger partial charge in [-0.3, -0.25) is 14.9 Å². The number of non-ortho nitro benzene ring substituents is 1. The molecule has 0 aliphatic carbocycles. The third-order valence-electron chi connectivity index (χ3n) is 3.24. The van der Waals surface area contributed by atoms with E-state index in [1.807, 2.05) is 6.92 Å². The minimum absolute atomic E-state index is 0.0101. The molecule has 1 unspecified atom stereocenters. The van der Waals surface area contributed by atoms with Gasteiger partial charge >= 0.3 is 0 Å². The third-order valence-corrected chi connectivity index (χ3v) is 3.24. The summed E-state index contributed by atoms with van der Waals surface area (Å²) in [6.45, 7) is 6.41. The number of benzene rings is 1. The number of rotatable bonds is 7. The molecule has 1 amide bonds. The van der Waals surface area contributed by atoms with E-state index in [1.54, 1.807) is 12.1 Å². The van der Waals surface area contributed by atoms with Crippen LogP contribution in [0, 0.1) is 16.0 Å². The lowest BCUT2D eigenvalue weighted by Crippen LogP contribution is -2.52. The van der Waals surface area contributed by atoms with Crippen LogP contribution in [0.4, 0.5) is 5.69 Å². The van der Waals surface area contributed by atoms with E-state index in [-0.39, 0.29) is 18.0 Å². The van der Waals surface area contributed by atoms with Gasteiger partial charge in [-0.2, -0.15) is 0 Å². The van der Waals surface area contributed by atoms with Crippen LogP contribution in [0.2, 0.25) is 0 Å². The molecule has 6 nitrogen and oxygen atoms in total. The molecule has 116 valence electrons. The first kappa shape index (κ1) is 17.1. The molecule has 0 aliphatic rings. The number of nitrogens with zero attached hydrogens (tertiary/aromatic N) is 1. The Hall–Kier alpha value is -1.95. The van der Waals surface area contributed by atoms with Crippen molar-refractivity contribution in [1.82, 2.24) is 5.32 Å². The third kappa shape index (κ3) is 5.51. The van der Waals surface area contributed by atoms with Gasteiger partial charge in [0.25, 0.3) is 5.69 Å². The Bertz CT molecular complexity index is 517. The van der Waals surface area contributed by atoms with E-state index in [0.717, 1.165) is 6.42 Å². The van der Waals surface area contributed by atoms with Crippen LogP contribution in [0.3, 0.4) is 0 Å². The van der Waals surface area contributed by atoms with Gasteiger partial charge in [0.1, 0.15) is 0 Å². The molecule has 0 aliphatic heterocycles. The van der Waals surface area contributed by atoms with Crippen LogP contribution in [0.25, 0.3) is 0 Å². The first-order valence-corrected chi connectivity index (χ1v) is 7.00. The number of amides is 1. The molecule has 0 radical (unpaired) electrons. The van der Waals surface area contributed by atoms with Crippen LogP contribution >= 0.6 is 0 Å². The van der Waals surface area contributed by atoms with Crippen LogP contribution in [0.5, 0.6) is 0 Å². The molecule has 1 rings (SSSR count). The molecular weight excluding hydrogens is 270 g/mol. The summed E-state index contributed by atoms with van der Waals surface area (Å²) in [5, 5.41) is 13.7. The van der Waals surface area contributed by atoms with Crippen molar-refractivity contribution >= 4 is 11.6 Å². The van der Waals surface area contributed by atoms with Crippen molar-refractivity contribution in [3.63, 3.8) is 0 Å². The van der Waals surface area contributed by atoms with Crippen molar-refractivity contribution < 1.29 is 9.72 Å². The minimum Gasteiger partial charge on any atom is -0.349 e. The highest BCUT2D eigenvalue weighted by atomic mass is 16.6. The van der Waals surface area contributed by atoms with E-state index in [9.17, 15) is 14.9 Å². The van der Waals surface area contributed by atoms with Crippen molar-refractivity contribution in [2.75, 3.05) is 6.54 Å². The van der Waals surface area contributed by atoms with E-state index in [1.165, 1.54) is 12.1 Å². The predicted molar refractivity (Wildman–Crippen MR) is 81.9 cm³/mol. The monoisotopic (exact) mass is 293 g/mol. The number of carbonyl (C=O) groups is 1. The Balaban J connectivity index is 2.72. The number of nitro groups is 1. The first-order chi connectivity index (χ1) is 9.75. The fourth-order valence-corrected chi connectivity index (χ4v) is 2.43. The minimum atomic E-state index is -0.468. The van der Waals surface area contributed by atoms with Crippen molar-refractivity contribution in [3.05, 3.63) is 39.9 Å². The highest BCUT2D eigenvalue weighted by Gasteiger charge is 2.25. The molecular formula is C15H23N3O3. The van der Waals surface area contributed by atoms with Crippen molar-refractivity contribution in [2.24, 2.45) is 11.7 Å². The summed E-state index contributed by atoms with van der Waals surface area (Å²) < 4.78 is 0. The number of hydrogen-bond acceptors (Lipinski definition) is 4. The topological polar surface area (TPSA) is 98.3 Å². The van der Waals surface area contributed by atoms with Crippen LogP contribution in [-0.4, -0.2) is 22.9 Å². The molecule has 1 aromatic rings. The van der Waals surface area contributed by atoms with Gasteiger partial charge in [0.15, 0.2) is 0 Å². The summed E-state index contributed by atoms with van der Waals surface area (Å²) >= 11 is 0. The summed E-state index contributed by atoms with van der Waals surface area (Å²) in [6, 6.07) is 6.11. The maximum atomic E-state index is 12.1. The lowest BCUT2D eigenvalue weighted by atomic mass is 9.90. The average Bonchev–Trinajstić information content (AvgIpc) is 2.37. The molecule has 0 bridgehead atoms. The second-order valence-electron chi connectivity index (χ2n) is 6.01. The fourth-order valence-electron chi connectivity index (χ4n) is 2.43. The van der Waals surface area contributed by atoms with Gasteiger partial charge in [0, 0.05) is 24.2 Å². The molecule has 0 aromatic heterocycles. The SMILES string of the molecule is CC(C)CC(C)(CN)NC(=O)Cc1cccc([N+](=O)[O-])c1. The Morgan fingerprint density at radius 3 is 2.67 bits per heavy atom. The summed E-state index contributed by atoms with van der Waals surface area (Å²) in [5.74, 6) is 0.237. The Morgan fingerprint density at radius 1 is 1.48 bits per heavy atom. The smallest absolute Gasteiger partial charge is 0.269 e. The van der Waals surface area contributed by atoms with Gasteiger partial charge in [0.05, 0.1) is 11.3 Å². The lowest BCUT2D eigenvalue weighted by Gasteiger charge is -2.31. The van der Waals surface area contributed by atoms with Crippen LogP contribution < -0.4 is 11.1 Å². The van der Waals surface area contributed by atoms with Crippen molar-refractivity contribution in [2.45, 2.75) is 39.2 Å². The summed E-state index contributed by atoms with van der Waals surface area (Å²) in [5.41, 5.74) is 5.91. The highest BCUT2D eigenvalue weighted by molar-refractivity contribution is 5.79. The quantitative estimate of drug-likeness (QED) is 0.593. The highest BCUT2D eigenvalue weighted by Crippen LogP contribution is 2.17. The number of nitrogens with two attached hydrogens (primary N) is 1. The average molecular weight is 293 g/mol. The van der Waals surface area contributed by atoms with E-state index < -0.39 is 10.5 Å². The number of nitro benzene ring substituents is 1. The Morgan fingerprint density at radius 2 is 2.14 bits per heavy atom. The molecule has 21 heavy (non-hydrogen) atoms. The Labute approximate surface area is 124 Å². The molecule has 3 N–H and O–H groups in total. The molecule has 0 saturated heterocycles. The van der Waals surface area contributed by atoms with E-state index in [4.69, 9.17) is 5.73 Å². The molecule has 6 heteroatoms. The zero-order valence-electron chi connectivity index (χ0n) is 12.8. The number of hydrogen-bond donors (Lipinski definition) is 2. The maximum absolute atomic E-state index is 12.1. The summed E-state index contributed by atoms with van der Waals surface area (Å²) in [7, 11) is 0. The molecule has 0 saturated carbocycles. The molecule has 0 spiro atoms. The van der Waals surface area contributed by atoms with Gasteiger partial charge in [-0.15, -0.1) is 0 Å². The standard InChI is InChI=1S/C15H23N3O3/c1-11(2)9-15(3,10-16)17-14(19)8-12-5-4-6-13(7-12)18(20)21/h4-7,11H,8-10,16H2,1-3H3,(H,17,19).